The van der Waals surface area contributed by atoms with Gasteiger partial charge in [0.05, 0.1) is 11.4 Å². The van der Waals surface area contributed by atoms with Gasteiger partial charge >= 0.3 is 0 Å². The lowest BCUT2D eigenvalue weighted by Crippen LogP contribution is -2.06. The van der Waals surface area contributed by atoms with Crippen molar-refractivity contribution in [1.82, 2.24) is 9.78 Å². The van der Waals surface area contributed by atoms with Crippen molar-refractivity contribution < 1.29 is 8.42 Å². The molecule has 0 atom stereocenters. The van der Waals surface area contributed by atoms with E-state index in [1.165, 1.54) is 6.26 Å². The van der Waals surface area contributed by atoms with Gasteiger partial charge in [-0.1, -0.05) is 18.2 Å². The summed E-state index contributed by atoms with van der Waals surface area (Å²) in [5.41, 5.74) is 1.56. The Balaban J connectivity index is 2.47. The van der Waals surface area contributed by atoms with Crippen LogP contribution in [0.4, 0.5) is 0 Å². The molecule has 0 radical (unpaired) electrons. The molecule has 0 N–H and O–H groups in total. The minimum absolute atomic E-state index is 0.0308. The van der Waals surface area contributed by atoms with E-state index in [4.69, 9.17) is 0 Å². The molecule has 1 aromatic heterocycles. The zero-order valence-corrected chi connectivity index (χ0v) is 9.68. The van der Waals surface area contributed by atoms with Crippen LogP contribution in [0.1, 0.15) is 5.56 Å². The summed E-state index contributed by atoms with van der Waals surface area (Å²) in [6.07, 6.45) is 4.69. The lowest BCUT2D eigenvalue weighted by molar-refractivity contribution is 0.601. The van der Waals surface area contributed by atoms with Gasteiger partial charge in [-0.05, 0) is 17.7 Å². The molecule has 84 valence electrons. The van der Waals surface area contributed by atoms with E-state index in [9.17, 15) is 8.42 Å². The topological polar surface area (TPSA) is 52.0 Å². The van der Waals surface area contributed by atoms with Crippen molar-refractivity contribution in [1.29, 1.82) is 0 Å². The van der Waals surface area contributed by atoms with E-state index in [0.29, 0.717) is 0 Å². The summed E-state index contributed by atoms with van der Waals surface area (Å²) in [6.45, 7) is 0. The molecule has 0 amide bonds. The highest BCUT2D eigenvalue weighted by molar-refractivity contribution is 7.89. The predicted octanol–water partition coefficient (Wildman–Crippen LogP) is 1.42. The second-order valence-electron chi connectivity index (χ2n) is 3.65. The largest absolute Gasteiger partial charge is 0.241 e. The Morgan fingerprint density at radius 1 is 1.25 bits per heavy atom. The smallest absolute Gasteiger partial charge is 0.151 e. The maximum absolute atomic E-state index is 11.3. The van der Waals surface area contributed by atoms with Crippen LogP contribution >= 0.6 is 0 Å². The monoisotopic (exact) mass is 236 g/mol. The van der Waals surface area contributed by atoms with E-state index in [1.807, 2.05) is 18.2 Å². The third kappa shape index (κ3) is 2.49. The summed E-state index contributed by atoms with van der Waals surface area (Å²) in [5, 5.41) is 4.10. The van der Waals surface area contributed by atoms with E-state index in [0.717, 1.165) is 11.3 Å². The molecule has 1 heterocycles. The highest BCUT2D eigenvalue weighted by Crippen LogP contribution is 2.15. The predicted molar refractivity (Wildman–Crippen MR) is 62.1 cm³/mol. The number of hydrogen-bond acceptors (Lipinski definition) is 3. The Kier molecular flexibility index (Phi) is 2.78. The minimum Gasteiger partial charge on any atom is -0.241 e. The molecule has 1 aromatic carbocycles. The number of sulfone groups is 1. The third-order valence-electron chi connectivity index (χ3n) is 2.16. The number of nitrogens with zero attached hydrogens (tertiary/aromatic N) is 2. The van der Waals surface area contributed by atoms with Crippen molar-refractivity contribution in [3.63, 3.8) is 0 Å². The van der Waals surface area contributed by atoms with Crippen LogP contribution in [0.5, 0.6) is 0 Å². The molecule has 0 unspecified atom stereocenters. The molecule has 2 rings (SSSR count). The fourth-order valence-corrected chi connectivity index (χ4v) is 2.36. The second kappa shape index (κ2) is 4.09. The Labute approximate surface area is 94.5 Å². The van der Waals surface area contributed by atoms with Crippen LogP contribution in [0, 0.1) is 0 Å². The SMILES string of the molecule is CS(=O)(=O)Cc1ccccc1-n1cccn1. The van der Waals surface area contributed by atoms with E-state index >= 15 is 0 Å². The molecular weight excluding hydrogens is 224 g/mol. The van der Waals surface area contributed by atoms with Crippen LogP contribution in [0.25, 0.3) is 5.69 Å². The van der Waals surface area contributed by atoms with Crippen molar-refractivity contribution >= 4 is 9.84 Å². The third-order valence-corrected chi connectivity index (χ3v) is 3.00. The van der Waals surface area contributed by atoms with Gasteiger partial charge in [0, 0.05) is 18.6 Å². The zero-order chi connectivity index (χ0) is 11.6. The van der Waals surface area contributed by atoms with Crippen molar-refractivity contribution in [2.75, 3.05) is 6.26 Å². The van der Waals surface area contributed by atoms with Crippen molar-refractivity contribution in [3.05, 3.63) is 48.3 Å². The standard InChI is InChI=1S/C11H12N2O2S/c1-16(14,15)9-10-5-2-3-6-11(10)13-8-4-7-12-13/h2-8H,9H2,1H3. The first kappa shape index (κ1) is 10.9. The number of rotatable bonds is 3. The summed E-state index contributed by atoms with van der Waals surface area (Å²) in [4.78, 5) is 0. The fourth-order valence-electron chi connectivity index (χ4n) is 1.55. The van der Waals surface area contributed by atoms with Crippen LogP contribution in [0.15, 0.2) is 42.7 Å². The van der Waals surface area contributed by atoms with Gasteiger partial charge in [0.1, 0.15) is 0 Å². The second-order valence-corrected chi connectivity index (χ2v) is 5.79. The van der Waals surface area contributed by atoms with Crippen molar-refractivity contribution in [3.8, 4) is 5.69 Å². The van der Waals surface area contributed by atoms with Gasteiger partial charge in [0.25, 0.3) is 0 Å². The van der Waals surface area contributed by atoms with Crippen LogP contribution in [0.2, 0.25) is 0 Å². The van der Waals surface area contributed by atoms with Crippen molar-refractivity contribution in [2.45, 2.75) is 5.75 Å². The van der Waals surface area contributed by atoms with Crippen molar-refractivity contribution in [2.24, 2.45) is 0 Å². The number of aromatic nitrogens is 2. The van der Waals surface area contributed by atoms with Crippen LogP contribution in [0.3, 0.4) is 0 Å². The molecule has 0 saturated carbocycles. The van der Waals surface area contributed by atoms with Gasteiger partial charge in [-0.15, -0.1) is 0 Å². The first-order chi connectivity index (χ1) is 7.56. The summed E-state index contributed by atoms with van der Waals surface area (Å²) in [7, 11) is -3.03. The Bertz CT molecular complexity index is 574. The molecule has 0 aliphatic heterocycles. The Hall–Kier alpha value is -1.62. The molecule has 0 saturated heterocycles. The summed E-state index contributed by atoms with van der Waals surface area (Å²) in [5.74, 6) is 0.0308. The summed E-state index contributed by atoms with van der Waals surface area (Å²) in [6, 6.07) is 9.15. The van der Waals surface area contributed by atoms with Crippen LogP contribution in [-0.4, -0.2) is 24.5 Å². The first-order valence-corrected chi connectivity index (χ1v) is 6.88. The number of benzene rings is 1. The summed E-state index contributed by atoms with van der Waals surface area (Å²) >= 11 is 0. The molecular formula is C11H12N2O2S. The van der Waals surface area contributed by atoms with Gasteiger partial charge in [-0.25, -0.2) is 13.1 Å². The van der Waals surface area contributed by atoms with E-state index < -0.39 is 9.84 Å². The molecule has 0 aliphatic carbocycles. The number of hydrogen-bond donors (Lipinski definition) is 0. The van der Waals surface area contributed by atoms with Gasteiger partial charge in [0.2, 0.25) is 0 Å². The van der Waals surface area contributed by atoms with E-state index in [2.05, 4.69) is 5.10 Å². The van der Waals surface area contributed by atoms with Gasteiger partial charge in [0.15, 0.2) is 9.84 Å². The summed E-state index contributed by atoms with van der Waals surface area (Å²) < 4.78 is 24.3. The zero-order valence-electron chi connectivity index (χ0n) is 8.87. The van der Waals surface area contributed by atoms with Gasteiger partial charge < -0.3 is 0 Å². The lowest BCUT2D eigenvalue weighted by Gasteiger charge is -2.08. The normalized spacial score (nSPS) is 11.6. The van der Waals surface area contributed by atoms with E-state index in [1.54, 1.807) is 29.2 Å². The van der Waals surface area contributed by atoms with E-state index in [-0.39, 0.29) is 5.75 Å². The minimum atomic E-state index is -3.03. The Morgan fingerprint density at radius 2 is 2.00 bits per heavy atom. The molecule has 0 fully saturated rings. The number of para-hydroxylation sites is 1. The van der Waals surface area contributed by atoms with Gasteiger partial charge in [-0.3, -0.25) is 0 Å². The van der Waals surface area contributed by atoms with Crippen LogP contribution in [-0.2, 0) is 15.6 Å². The van der Waals surface area contributed by atoms with Gasteiger partial charge in [-0.2, -0.15) is 5.10 Å². The molecule has 0 aliphatic rings. The molecule has 5 heteroatoms. The highest BCUT2D eigenvalue weighted by Gasteiger charge is 2.09. The first-order valence-electron chi connectivity index (χ1n) is 4.82. The highest BCUT2D eigenvalue weighted by atomic mass is 32.2. The average Bonchev–Trinajstić information content (AvgIpc) is 2.69. The molecule has 16 heavy (non-hydrogen) atoms. The average molecular weight is 236 g/mol. The molecule has 0 spiro atoms. The lowest BCUT2D eigenvalue weighted by atomic mass is 10.2. The quantitative estimate of drug-likeness (QED) is 0.809. The van der Waals surface area contributed by atoms with Crippen LogP contribution < -0.4 is 0 Å². The molecule has 2 aromatic rings. The maximum atomic E-state index is 11.3. The maximum Gasteiger partial charge on any atom is 0.151 e. The Morgan fingerprint density at radius 3 is 2.62 bits per heavy atom. The molecule has 4 nitrogen and oxygen atoms in total. The fraction of sp³-hybridized carbons (Fsp3) is 0.182. The molecule has 0 bridgehead atoms.